The predicted molar refractivity (Wildman–Crippen MR) is 227 cm³/mol. The maximum absolute atomic E-state index is 13.9. The molecule has 8 N–H and O–H groups in total. The first-order chi connectivity index (χ1) is 28.9. The lowest BCUT2D eigenvalue weighted by Gasteiger charge is -2.30. The van der Waals surface area contributed by atoms with Crippen LogP contribution in [0.3, 0.4) is 0 Å². The van der Waals surface area contributed by atoms with Crippen molar-refractivity contribution in [3.05, 3.63) is 47.5 Å². The van der Waals surface area contributed by atoms with Crippen LogP contribution in [0.2, 0.25) is 0 Å². The standard InChI is InChI=1S/C44H64N6O11/c1-26(2)15-13-11-9-7-8-10-12-14-16-37(54)49(5)34(25-51)42(58)46-27(3)40(56)45-24-38(55)50(6)39-30-18-20-36(53)32(23-30)31-21-29(17-19-35(31)52)22-33(44(60)61)48-41(57)28(4)47-43(39)59/h17-21,23,26-28,33-34,39,51-53H,7-16,22,24-25H2,1-6H3,(H,45,56)(H,46,58)(H,47,59)(H,48,57)(H,60,61)/t27-,28+,33+,34-,39-/m1/s1. The number of unbranched alkanes of at least 4 members (excludes halogenated alkanes) is 7. The minimum absolute atomic E-state index is 0.0662. The van der Waals surface area contributed by atoms with E-state index in [2.05, 4.69) is 35.1 Å². The van der Waals surface area contributed by atoms with E-state index in [9.17, 15) is 54.0 Å². The molecule has 6 amide bonds. The molecule has 0 spiro atoms. The van der Waals surface area contributed by atoms with E-state index in [1.165, 1.54) is 90.0 Å². The van der Waals surface area contributed by atoms with Gasteiger partial charge in [0.2, 0.25) is 35.4 Å². The molecule has 5 atom stereocenters. The second-order valence-corrected chi connectivity index (χ2v) is 16.3. The van der Waals surface area contributed by atoms with Crippen LogP contribution in [-0.2, 0) is 40.0 Å². The number of carboxylic acids is 1. The average molecular weight is 853 g/mol. The highest BCUT2D eigenvalue weighted by Crippen LogP contribution is 2.38. The summed E-state index contributed by atoms with van der Waals surface area (Å²) in [6.07, 6.45) is 9.76. The lowest BCUT2D eigenvalue weighted by Crippen LogP contribution is -2.55. The van der Waals surface area contributed by atoms with E-state index in [-0.39, 0.29) is 46.9 Å². The van der Waals surface area contributed by atoms with Crippen LogP contribution in [0.25, 0.3) is 11.1 Å². The molecule has 61 heavy (non-hydrogen) atoms. The number of carbonyl (C=O) groups excluding carboxylic acids is 6. The van der Waals surface area contributed by atoms with Crippen LogP contribution in [0.4, 0.5) is 0 Å². The van der Waals surface area contributed by atoms with Gasteiger partial charge >= 0.3 is 5.97 Å². The Bertz CT molecular complexity index is 1870. The number of aromatic hydroxyl groups is 2. The molecule has 0 fully saturated rings. The van der Waals surface area contributed by atoms with Gasteiger partial charge in [-0.25, -0.2) is 4.79 Å². The number of rotatable bonds is 20. The maximum atomic E-state index is 13.9. The topological polar surface area (TPSA) is 255 Å². The van der Waals surface area contributed by atoms with Crippen molar-refractivity contribution in [1.82, 2.24) is 31.1 Å². The van der Waals surface area contributed by atoms with Crippen molar-refractivity contribution < 1.29 is 54.0 Å². The van der Waals surface area contributed by atoms with Crippen molar-refractivity contribution in [2.75, 3.05) is 27.2 Å². The van der Waals surface area contributed by atoms with E-state index in [0.29, 0.717) is 12.0 Å². The van der Waals surface area contributed by atoms with Gasteiger partial charge in [0.15, 0.2) is 0 Å². The van der Waals surface area contributed by atoms with E-state index in [1.54, 1.807) is 0 Å². The van der Waals surface area contributed by atoms with Gasteiger partial charge in [0.05, 0.1) is 13.2 Å². The van der Waals surface area contributed by atoms with E-state index < -0.39 is 78.9 Å². The summed E-state index contributed by atoms with van der Waals surface area (Å²) in [5.41, 5.74) is 0.724. The molecule has 2 aromatic carbocycles. The van der Waals surface area contributed by atoms with E-state index in [4.69, 9.17) is 0 Å². The van der Waals surface area contributed by atoms with Crippen LogP contribution in [-0.4, -0.2) is 123 Å². The molecule has 4 bridgehead atoms. The molecule has 0 radical (unpaired) electrons. The van der Waals surface area contributed by atoms with Crippen LogP contribution in [0, 0.1) is 5.92 Å². The van der Waals surface area contributed by atoms with Gasteiger partial charge < -0.3 is 51.5 Å². The summed E-state index contributed by atoms with van der Waals surface area (Å²) in [7, 11) is 2.69. The Morgan fingerprint density at radius 3 is 1.98 bits per heavy atom. The molecule has 1 heterocycles. The van der Waals surface area contributed by atoms with Crippen molar-refractivity contribution in [2.24, 2.45) is 5.92 Å². The number of nitrogens with zero attached hydrogens (tertiary/aromatic N) is 2. The summed E-state index contributed by atoms with van der Waals surface area (Å²) in [4.78, 5) is 93.8. The minimum atomic E-state index is -1.47. The molecule has 2 aromatic rings. The van der Waals surface area contributed by atoms with Gasteiger partial charge in [-0.15, -0.1) is 0 Å². The van der Waals surface area contributed by atoms with Crippen LogP contribution < -0.4 is 21.3 Å². The summed E-state index contributed by atoms with van der Waals surface area (Å²) in [6, 6.07) is 1.62. The highest BCUT2D eigenvalue weighted by molar-refractivity contribution is 5.96. The van der Waals surface area contributed by atoms with Gasteiger partial charge in [-0.3, -0.25) is 28.8 Å². The van der Waals surface area contributed by atoms with E-state index in [0.717, 1.165) is 41.4 Å². The van der Waals surface area contributed by atoms with Crippen LogP contribution in [0.15, 0.2) is 36.4 Å². The number of aliphatic hydroxyl groups is 1. The first kappa shape index (κ1) is 49.7. The zero-order valence-electron chi connectivity index (χ0n) is 36.2. The Balaban J connectivity index is 1.65. The number of hydrogen-bond acceptors (Lipinski definition) is 10. The van der Waals surface area contributed by atoms with Crippen molar-refractivity contribution in [3.63, 3.8) is 0 Å². The second-order valence-electron chi connectivity index (χ2n) is 16.3. The SMILES string of the molecule is CC(C)CCCCCCCCCCC(=O)N(C)[C@H](CO)C(=O)N[C@H](C)C(=O)NCC(=O)N(C)[C@H]1C(=O)N[C@@H](C)C(=O)N[C@H](C(=O)O)Cc2ccc(O)c(c2)-c2cc1ccc2O. The third-order valence-electron chi connectivity index (χ3n) is 10.9. The summed E-state index contributed by atoms with van der Waals surface area (Å²) >= 11 is 0. The van der Waals surface area contributed by atoms with Crippen molar-refractivity contribution in [2.45, 2.75) is 129 Å². The van der Waals surface area contributed by atoms with Gasteiger partial charge in [0.25, 0.3) is 0 Å². The van der Waals surface area contributed by atoms with Gasteiger partial charge in [-0.2, -0.15) is 0 Å². The van der Waals surface area contributed by atoms with E-state index >= 15 is 0 Å². The second kappa shape index (κ2) is 23.9. The number of phenols is 2. The molecule has 17 nitrogen and oxygen atoms in total. The van der Waals surface area contributed by atoms with Crippen molar-refractivity contribution in [3.8, 4) is 22.6 Å². The van der Waals surface area contributed by atoms with Crippen LogP contribution in [0.5, 0.6) is 11.5 Å². The smallest absolute Gasteiger partial charge is 0.326 e. The fraction of sp³-hybridized carbons (Fsp3) is 0.568. The Hall–Kier alpha value is -5.71. The maximum Gasteiger partial charge on any atom is 0.326 e. The van der Waals surface area contributed by atoms with Gasteiger partial charge in [0.1, 0.15) is 41.7 Å². The number of carbonyl (C=O) groups is 7. The fourth-order valence-corrected chi connectivity index (χ4v) is 7.09. The molecule has 0 saturated carbocycles. The summed E-state index contributed by atoms with van der Waals surface area (Å²) < 4.78 is 0. The molecule has 0 unspecified atom stereocenters. The van der Waals surface area contributed by atoms with Crippen molar-refractivity contribution in [1.29, 1.82) is 0 Å². The number of amides is 6. The van der Waals surface area contributed by atoms with Gasteiger partial charge in [0, 0.05) is 38.1 Å². The lowest BCUT2D eigenvalue weighted by molar-refractivity contribution is -0.143. The monoisotopic (exact) mass is 852 g/mol. The number of phenolic OH excluding ortho intramolecular Hbond substituents is 2. The zero-order valence-corrected chi connectivity index (χ0v) is 36.2. The summed E-state index contributed by atoms with van der Waals surface area (Å²) in [5, 5.41) is 51.2. The molecule has 0 saturated heterocycles. The largest absolute Gasteiger partial charge is 0.507 e. The number of hydrogen-bond donors (Lipinski definition) is 8. The van der Waals surface area contributed by atoms with Gasteiger partial charge in [-0.05, 0) is 61.6 Å². The molecular weight excluding hydrogens is 789 g/mol. The number of nitrogens with one attached hydrogen (secondary N) is 4. The first-order valence-corrected chi connectivity index (χ1v) is 21.0. The summed E-state index contributed by atoms with van der Waals surface area (Å²) in [6.45, 7) is 5.82. The first-order valence-electron chi connectivity index (χ1n) is 21.0. The third kappa shape index (κ3) is 14.8. The Morgan fingerprint density at radius 2 is 1.38 bits per heavy atom. The molecule has 336 valence electrons. The number of benzene rings is 2. The van der Waals surface area contributed by atoms with Crippen LogP contribution in [0.1, 0.15) is 109 Å². The zero-order chi connectivity index (χ0) is 45.4. The van der Waals surface area contributed by atoms with Gasteiger partial charge in [-0.1, -0.05) is 77.3 Å². The molecule has 0 aromatic heterocycles. The molecule has 0 aliphatic carbocycles. The quantitative estimate of drug-likeness (QED) is 0.0899. The molecule has 3 rings (SSSR count). The minimum Gasteiger partial charge on any atom is -0.507 e. The number of likely N-dealkylation sites (N-methyl/N-ethyl adjacent to an activating group) is 2. The number of carboxylic acid groups (broad SMARTS) is 1. The lowest BCUT2D eigenvalue weighted by atomic mass is 9.94. The molecule has 1 aliphatic heterocycles. The average Bonchev–Trinajstić information content (AvgIpc) is 3.20. The number of fused-ring (bicyclic) bond motifs is 5. The normalized spacial score (nSPS) is 17.5. The molecule has 17 heteroatoms. The number of aliphatic carboxylic acids is 1. The predicted octanol–water partition coefficient (Wildman–Crippen LogP) is 2.89. The van der Waals surface area contributed by atoms with Crippen LogP contribution >= 0.6 is 0 Å². The third-order valence-corrected chi connectivity index (χ3v) is 10.9. The number of aliphatic hydroxyl groups excluding tert-OH is 1. The summed E-state index contributed by atoms with van der Waals surface area (Å²) in [5.74, 6) is -5.52. The fourth-order valence-electron chi connectivity index (χ4n) is 7.09. The van der Waals surface area contributed by atoms with Crippen molar-refractivity contribution >= 4 is 41.4 Å². The molecular formula is C44H64N6O11. The van der Waals surface area contributed by atoms with E-state index in [1.807, 2.05) is 0 Å². The highest BCUT2D eigenvalue weighted by Gasteiger charge is 2.34. The Kier molecular flexibility index (Phi) is 19.5. The molecule has 1 aliphatic rings. The highest BCUT2D eigenvalue weighted by atomic mass is 16.4. The Morgan fingerprint density at radius 1 is 0.787 bits per heavy atom. The Labute approximate surface area is 357 Å².